The lowest BCUT2D eigenvalue weighted by Gasteiger charge is -2.18. The van der Waals surface area contributed by atoms with Crippen molar-refractivity contribution in [2.75, 3.05) is 24.9 Å². The maximum atomic E-state index is 12.7. The molecule has 1 amide bonds. The van der Waals surface area contributed by atoms with Crippen LogP contribution in [-0.4, -0.2) is 39.4 Å². The normalized spacial score (nSPS) is 11.0. The predicted octanol–water partition coefficient (Wildman–Crippen LogP) is 3.95. The van der Waals surface area contributed by atoms with Crippen molar-refractivity contribution in [1.82, 2.24) is 4.90 Å². The molecule has 0 spiro atoms. The van der Waals surface area contributed by atoms with E-state index >= 15 is 0 Å². The molecule has 6 nitrogen and oxygen atoms in total. The average molecular weight is 425 g/mol. The van der Waals surface area contributed by atoms with Crippen molar-refractivity contribution < 1.29 is 17.9 Å². The number of amides is 1. The first kappa shape index (κ1) is 21.4. The standard InChI is InChI=1S/C23H24N2O4S/c1-18-11-13-21(14-12-18)29-16-15-25(2)23(26)19-7-6-8-20(17-19)24-30(27,28)22-9-4-3-5-10-22/h3-14,17,24H,15-16H2,1-2H3. The number of nitrogens with zero attached hydrogens (tertiary/aromatic N) is 1. The van der Waals surface area contributed by atoms with Gasteiger partial charge in [-0.1, -0.05) is 42.0 Å². The maximum Gasteiger partial charge on any atom is 0.261 e. The molecule has 0 bridgehead atoms. The topological polar surface area (TPSA) is 75.7 Å². The van der Waals surface area contributed by atoms with Crippen molar-refractivity contribution in [3.8, 4) is 5.75 Å². The third-order valence-corrected chi connectivity index (χ3v) is 5.88. The Labute approximate surface area is 177 Å². The molecule has 0 aliphatic heterocycles. The molecule has 0 aromatic heterocycles. The molecule has 1 N–H and O–H groups in total. The van der Waals surface area contributed by atoms with Crippen LogP contribution >= 0.6 is 0 Å². The van der Waals surface area contributed by atoms with E-state index in [1.807, 2.05) is 31.2 Å². The second-order valence-electron chi connectivity index (χ2n) is 6.89. The van der Waals surface area contributed by atoms with Gasteiger partial charge in [0.2, 0.25) is 0 Å². The lowest BCUT2D eigenvalue weighted by Crippen LogP contribution is -2.31. The zero-order chi connectivity index (χ0) is 21.6. The van der Waals surface area contributed by atoms with E-state index in [1.54, 1.807) is 48.3 Å². The number of hydrogen-bond donors (Lipinski definition) is 1. The van der Waals surface area contributed by atoms with E-state index in [-0.39, 0.29) is 10.8 Å². The minimum absolute atomic E-state index is 0.159. The average Bonchev–Trinajstić information content (AvgIpc) is 2.75. The monoisotopic (exact) mass is 424 g/mol. The number of benzene rings is 3. The van der Waals surface area contributed by atoms with Crippen LogP contribution in [0.2, 0.25) is 0 Å². The van der Waals surface area contributed by atoms with Gasteiger partial charge in [0, 0.05) is 18.3 Å². The van der Waals surface area contributed by atoms with E-state index in [0.29, 0.717) is 24.4 Å². The summed E-state index contributed by atoms with van der Waals surface area (Å²) in [6, 6.07) is 22.2. The number of likely N-dealkylation sites (N-methyl/N-ethyl adjacent to an activating group) is 1. The number of nitrogens with one attached hydrogen (secondary N) is 1. The van der Waals surface area contributed by atoms with E-state index in [1.165, 1.54) is 18.2 Å². The fourth-order valence-corrected chi connectivity index (χ4v) is 3.86. The summed E-state index contributed by atoms with van der Waals surface area (Å²) < 4.78 is 33.2. The molecule has 0 atom stereocenters. The molecule has 0 saturated carbocycles. The highest BCUT2D eigenvalue weighted by molar-refractivity contribution is 7.92. The minimum atomic E-state index is -3.72. The van der Waals surface area contributed by atoms with E-state index in [2.05, 4.69) is 4.72 Å². The van der Waals surface area contributed by atoms with Crippen molar-refractivity contribution >= 4 is 21.6 Å². The predicted molar refractivity (Wildman–Crippen MR) is 117 cm³/mol. The quantitative estimate of drug-likeness (QED) is 0.594. The first-order valence-electron chi connectivity index (χ1n) is 9.48. The molecular weight excluding hydrogens is 400 g/mol. The number of ether oxygens (including phenoxy) is 1. The fraction of sp³-hybridized carbons (Fsp3) is 0.174. The number of aryl methyl sites for hydroxylation is 1. The summed E-state index contributed by atoms with van der Waals surface area (Å²) in [5.41, 5.74) is 1.87. The molecule has 30 heavy (non-hydrogen) atoms. The van der Waals surface area contributed by atoms with Crippen LogP contribution in [0.25, 0.3) is 0 Å². The third-order valence-electron chi connectivity index (χ3n) is 4.48. The van der Waals surface area contributed by atoms with Gasteiger partial charge < -0.3 is 9.64 Å². The highest BCUT2D eigenvalue weighted by Crippen LogP contribution is 2.18. The second kappa shape index (κ2) is 9.45. The van der Waals surface area contributed by atoms with Gasteiger partial charge in [-0.25, -0.2) is 8.42 Å². The third kappa shape index (κ3) is 5.61. The molecule has 0 radical (unpaired) electrons. The Balaban J connectivity index is 1.61. The summed E-state index contributed by atoms with van der Waals surface area (Å²) in [6.07, 6.45) is 0. The summed E-state index contributed by atoms with van der Waals surface area (Å²) in [5.74, 6) is 0.530. The number of carbonyl (C=O) groups excluding carboxylic acids is 1. The molecule has 3 aromatic carbocycles. The Morgan fingerprint density at radius 2 is 1.67 bits per heavy atom. The Morgan fingerprint density at radius 1 is 0.967 bits per heavy atom. The van der Waals surface area contributed by atoms with Gasteiger partial charge in [-0.3, -0.25) is 9.52 Å². The zero-order valence-electron chi connectivity index (χ0n) is 16.9. The number of sulfonamides is 1. The van der Waals surface area contributed by atoms with Gasteiger partial charge in [-0.05, 0) is 49.4 Å². The second-order valence-corrected chi connectivity index (χ2v) is 8.57. The Hall–Kier alpha value is -3.32. The smallest absolute Gasteiger partial charge is 0.261 e. The van der Waals surface area contributed by atoms with Gasteiger partial charge in [-0.2, -0.15) is 0 Å². The minimum Gasteiger partial charge on any atom is -0.492 e. The molecule has 0 unspecified atom stereocenters. The lowest BCUT2D eigenvalue weighted by atomic mass is 10.2. The van der Waals surface area contributed by atoms with Crippen molar-refractivity contribution in [1.29, 1.82) is 0 Å². The van der Waals surface area contributed by atoms with Gasteiger partial charge in [0.25, 0.3) is 15.9 Å². The molecule has 3 rings (SSSR count). The summed E-state index contributed by atoms with van der Waals surface area (Å²) >= 11 is 0. The van der Waals surface area contributed by atoms with Gasteiger partial charge in [0.1, 0.15) is 12.4 Å². The molecule has 0 aliphatic rings. The number of rotatable bonds is 8. The van der Waals surface area contributed by atoms with Crippen LogP contribution in [0.3, 0.4) is 0 Å². The summed E-state index contributed by atoms with van der Waals surface area (Å²) in [6.45, 7) is 2.75. The number of hydrogen-bond acceptors (Lipinski definition) is 4. The van der Waals surface area contributed by atoms with Crippen molar-refractivity contribution in [3.05, 3.63) is 90.0 Å². The molecule has 0 aliphatic carbocycles. The van der Waals surface area contributed by atoms with Gasteiger partial charge >= 0.3 is 0 Å². The number of anilines is 1. The zero-order valence-corrected chi connectivity index (χ0v) is 17.7. The SMILES string of the molecule is Cc1ccc(OCCN(C)C(=O)c2cccc(NS(=O)(=O)c3ccccc3)c2)cc1. The van der Waals surface area contributed by atoms with E-state index in [4.69, 9.17) is 4.74 Å². The molecular formula is C23H24N2O4S. The summed E-state index contributed by atoms with van der Waals surface area (Å²) in [7, 11) is -2.04. The molecule has 3 aromatic rings. The van der Waals surface area contributed by atoms with Crippen LogP contribution in [0.5, 0.6) is 5.75 Å². The highest BCUT2D eigenvalue weighted by Gasteiger charge is 2.16. The molecule has 156 valence electrons. The largest absolute Gasteiger partial charge is 0.492 e. The first-order chi connectivity index (χ1) is 14.3. The van der Waals surface area contributed by atoms with Crippen LogP contribution in [0.15, 0.2) is 83.8 Å². The summed E-state index contributed by atoms with van der Waals surface area (Å²) in [5, 5.41) is 0. The molecule has 0 heterocycles. The lowest BCUT2D eigenvalue weighted by molar-refractivity contribution is 0.0774. The van der Waals surface area contributed by atoms with Crippen molar-refractivity contribution in [3.63, 3.8) is 0 Å². The van der Waals surface area contributed by atoms with Gasteiger partial charge in [0.15, 0.2) is 0 Å². The van der Waals surface area contributed by atoms with Crippen molar-refractivity contribution in [2.24, 2.45) is 0 Å². The van der Waals surface area contributed by atoms with Crippen LogP contribution in [-0.2, 0) is 10.0 Å². The summed E-state index contributed by atoms with van der Waals surface area (Å²) in [4.78, 5) is 14.4. The Bertz CT molecular complexity index is 1100. The van der Waals surface area contributed by atoms with E-state index in [9.17, 15) is 13.2 Å². The Morgan fingerprint density at radius 3 is 2.37 bits per heavy atom. The number of carbonyl (C=O) groups is 1. The van der Waals surface area contributed by atoms with Crippen molar-refractivity contribution in [2.45, 2.75) is 11.8 Å². The highest BCUT2D eigenvalue weighted by atomic mass is 32.2. The molecule has 0 fully saturated rings. The molecule has 7 heteroatoms. The van der Waals surface area contributed by atoms with E-state index in [0.717, 1.165) is 11.3 Å². The van der Waals surface area contributed by atoms with Gasteiger partial charge in [-0.15, -0.1) is 0 Å². The molecule has 0 saturated heterocycles. The van der Waals surface area contributed by atoms with Crippen LogP contribution in [0, 0.1) is 6.92 Å². The van der Waals surface area contributed by atoms with Crippen LogP contribution in [0.4, 0.5) is 5.69 Å². The fourth-order valence-electron chi connectivity index (χ4n) is 2.79. The maximum absolute atomic E-state index is 12.7. The van der Waals surface area contributed by atoms with Crippen LogP contribution < -0.4 is 9.46 Å². The first-order valence-corrected chi connectivity index (χ1v) is 11.0. The van der Waals surface area contributed by atoms with E-state index < -0.39 is 10.0 Å². The van der Waals surface area contributed by atoms with Crippen LogP contribution in [0.1, 0.15) is 15.9 Å². The van der Waals surface area contributed by atoms with Gasteiger partial charge in [0.05, 0.1) is 11.4 Å². The Kier molecular flexibility index (Phi) is 6.74.